The summed E-state index contributed by atoms with van der Waals surface area (Å²) in [5.41, 5.74) is 5.86. The molecule has 0 amide bonds. The van der Waals surface area contributed by atoms with Crippen molar-refractivity contribution in [3.05, 3.63) is 111 Å². The van der Waals surface area contributed by atoms with E-state index < -0.39 is 0 Å². The van der Waals surface area contributed by atoms with Gasteiger partial charge in [0.15, 0.2) is 17.3 Å². The van der Waals surface area contributed by atoms with Crippen LogP contribution in [0, 0.1) is 13.8 Å². The predicted octanol–water partition coefficient (Wildman–Crippen LogP) is 5.06. The fourth-order valence-corrected chi connectivity index (χ4v) is 5.54. The van der Waals surface area contributed by atoms with E-state index in [1.165, 1.54) is 0 Å². The van der Waals surface area contributed by atoms with Crippen molar-refractivity contribution in [3.63, 3.8) is 0 Å². The van der Waals surface area contributed by atoms with Crippen molar-refractivity contribution in [2.75, 3.05) is 6.79 Å². The molecule has 0 unspecified atom stereocenters. The Labute approximate surface area is 232 Å². The number of ether oxygens (including phenoxy) is 2. The highest BCUT2D eigenvalue weighted by Crippen LogP contribution is 2.34. The summed E-state index contributed by atoms with van der Waals surface area (Å²) in [5.74, 6) is 2.23. The van der Waals surface area contributed by atoms with E-state index in [1.54, 1.807) is 0 Å². The molecule has 1 atom stereocenters. The molecule has 0 saturated heterocycles. The number of aryl methyl sites for hydroxylation is 2. The number of aromatic amines is 1. The standard InChI is InChI=1S/C31H32N6O3/c1-4-26(30-33-34-35-37(30)17-22-8-6-5-7-9-22)36(16-23-10-11-27-28(14-23)40-19-39-27)18-25-15-24-13-20(2)12-21(3)29(24)32-31(25)38/h5-15,26H,4,16-19H2,1-3H3,(H,32,38)/t26-/m0/s1. The highest BCUT2D eigenvalue weighted by atomic mass is 16.7. The summed E-state index contributed by atoms with van der Waals surface area (Å²) >= 11 is 0. The minimum Gasteiger partial charge on any atom is -0.454 e. The maximum atomic E-state index is 13.4. The summed E-state index contributed by atoms with van der Waals surface area (Å²) in [6.07, 6.45) is 0.753. The molecule has 1 aliphatic heterocycles. The number of hydrogen-bond donors (Lipinski definition) is 1. The van der Waals surface area contributed by atoms with Crippen LogP contribution in [0.15, 0.2) is 71.5 Å². The second-order valence-electron chi connectivity index (χ2n) is 10.4. The molecule has 9 nitrogen and oxygen atoms in total. The highest BCUT2D eigenvalue weighted by molar-refractivity contribution is 5.82. The third-order valence-corrected chi connectivity index (χ3v) is 7.43. The normalized spacial score (nSPS) is 13.3. The lowest BCUT2D eigenvalue weighted by molar-refractivity contribution is 0.161. The Bertz CT molecular complexity index is 1710. The number of pyridine rings is 1. The van der Waals surface area contributed by atoms with Crippen LogP contribution in [0.1, 0.15) is 53.0 Å². The Morgan fingerprint density at radius 2 is 1.80 bits per heavy atom. The molecule has 6 rings (SSSR count). The Balaban J connectivity index is 1.39. The van der Waals surface area contributed by atoms with Crippen molar-refractivity contribution in [2.24, 2.45) is 0 Å². The van der Waals surface area contributed by atoms with Crippen LogP contribution in [0.5, 0.6) is 11.5 Å². The quantitative estimate of drug-likeness (QED) is 0.281. The Morgan fingerprint density at radius 1 is 0.975 bits per heavy atom. The monoisotopic (exact) mass is 536 g/mol. The predicted molar refractivity (Wildman–Crippen MR) is 152 cm³/mol. The van der Waals surface area contributed by atoms with Gasteiger partial charge in [0.2, 0.25) is 6.79 Å². The molecule has 9 heteroatoms. The van der Waals surface area contributed by atoms with Crippen LogP contribution in [0.4, 0.5) is 0 Å². The van der Waals surface area contributed by atoms with E-state index >= 15 is 0 Å². The first-order chi connectivity index (χ1) is 19.5. The Morgan fingerprint density at radius 3 is 2.62 bits per heavy atom. The second kappa shape index (κ2) is 10.9. The number of benzene rings is 3. The highest BCUT2D eigenvalue weighted by Gasteiger charge is 2.27. The van der Waals surface area contributed by atoms with E-state index in [4.69, 9.17) is 9.47 Å². The van der Waals surface area contributed by atoms with Crippen molar-refractivity contribution >= 4 is 10.9 Å². The van der Waals surface area contributed by atoms with Crippen LogP contribution in [-0.2, 0) is 19.6 Å². The number of hydrogen-bond acceptors (Lipinski definition) is 7. The number of tetrazole rings is 1. The summed E-state index contributed by atoms with van der Waals surface area (Å²) in [7, 11) is 0. The first kappa shape index (κ1) is 25.8. The number of H-pyrrole nitrogens is 1. The molecule has 0 bridgehead atoms. The summed E-state index contributed by atoms with van der Waals surface area (Å²) in [4.78, 5) is 18.7. The van der Waals surface area contributed by atoms with Gasteiger partial charge in [-0.2, -0.15) is 0 Å². The largest absolute Gasteiger partial charge is 0.454 e. The van der Waals surface area contributed by atoms with Crippen LogP contribution < -0.4 is 15.0 Å². The van der Waals surface area contributed by atoms with Gasteiger partial charge >= 0.3 is 0 Å². The molecular formula is C31H32N6O3. The van der Waals surface area contributed by atoms with Crippen LogP contribution >= 0.6 is 0 Å². The molecule has 3 heterocycles. The van der Waals surface area contributed by atoms with E-state index in [9.17, 15) is 4.79 Å². The minimum absolute atomic E-state index is 0.0890. The maximum Gasteiger partial charge on any atom is 0.252 e. The van der Waals surface area contributed by atoms with Gasteiger partial charge in [-0.1, -0.05) is 55.0 Å². The molecule has 40 heavy (non-hydrogen) atoms. The van der Waals surface area contributed by atoms with Gasteiger partial charge in [0.25, 0.3) is 5.56 Å². The molecule has 5 aromatic rings. The zero-order valence-electron chi connectivity index (χ0n) is 22.9. The molecule has 1 aliphatic rings. The smallest absolute Gasteiger partial charge is 0.252 e. The summed E-state index contributed by atoms with van der Waals surface area (Å²) in [6, 6.07) is 22.2. The Kier molecular flexibility index (Phi) is 7.04. The molecule has 204 valence electrons. The van der Waals surface area contributed by atoms with Crippen LogP contribution in [0.3, 0.4) is 0 Å². The average Bonchev–Trinajstić information content (AvgIpc) is 3.60. The zero-order valence-corrected chi connectivity index (χ0v) is 22.9. The van der Waals surface area contributed by atoms with Crippen LogP contribution in [-0.4, -0.2) is 36.9 Å². The first-order valence-electron chi connectivity index (χ1n) is 13.5. The van der Waals surface area contributed by atoms with Crippen molar-refractivity contribution in [1.82, 2.24) is 30.1 Å². The van der Waals surface area contributed by atoms with Crippen molar-refractivity contribution in [1.29, 1.82) is 0 Å². The van der Waals surface area contributed by atoms with Gasteiger partial charge < -0.3 is 14.5 Å². The molecule has 1 N–H and O–H groups in total. The molecule has 0 radical (unpaired) electrons. The SMILES string of the molecule is CC[C@@H](c1nnnn1Cc1ccccc1)N(Cc1ccc2c(c1)OCO2)Cc1cc2cc(C)cc(C)c2[nH]c1=O. The van der Waals surface area contributed by atoms with Gasteiger partial charge in [0, 0.05) is 18.7 Å². The van der Waals surface area contributed by atoms with Gasteiger partial charge in [-0.05, 0) is 77.0 Å². The topological polar surface area (TPSA) is 98.2 Å². The molecule has 0 spiro atoms. The van der Waals surface area contributed by atoms with Gasteiger partial charge in [0.05, 0.1) is 18.1 Å². The summed E-state index contributed by atoms with van der Waals surface area (Å²) in [6.45, 7) is 7.99. The minimum atomic E-state index is -0.140. The van der Waals surface area contributed by atoms with Gasteiger partial charge in [0.1, 0.15) is 0 Å². The lowest BCUT2D eigenvalue weighted by atomic mass is 10.0. The van der Waals surface area contributed by atoms with Crippen molar-refractivity contribution in [2.45, 2.75) is 52.9 Å². The number of nitrogens with one attached hydrogen (secondary N) is 1. The lowest BCUT2D eigenvalue weighted by Gasteiger charge is -2.30. The molecule has 0 saturated carbocycles. The molecule has 2 aromatic heterocycles. The average molecular weight is 537 g/mol. The molecule has 0 aliphatic carbocycles. The molecule has 0 fully saturated rings. The summed E-state index contributed by atoms with van der Waals surface area (Å²) < 4.78 is 13.0. The fraction of sp³-hybridized carbons (Fsp3) is 0.290. The van der Waals surface area contributed by atoms with Crippen molar-refractivity contribution in [3.8, 4) is 11.5 Å². The Hall–Kier alpha value is -4.50. The fourth-order valence-electron chi connectivity index (χ4n) is 5.54. The van der Waals surface area contributed by atoms with Crippen LogP contribution in [0.2, 0.25) is 0 Å². The third kappa shape index (κ3) is 5.20. The number of fused-ring (bicyclic) bond motifs is 2. The third-order valence-electron chi connectivity index (χ3n) is 7.43. The lowest BCUT2D eigenvalue weighted by Crippen LogP contribution is -2.32. The van der Waals surface area contributed by atoms with E-state index in [-0.39, 0.29) is 18.4 Å². The first-order valence-corrected chi connectivity index (χ1v) is 13.5. The number of nitrogens with zero attached hydrogens (tertiary/aromatic N) is 5. The van der Waals surface area contributed by atoms with Crippen LogP contribution in [0.25, 0.3) is 10.9 Å². The molecular weight excluding hydrogens is 504 g/mol. The maximum absolute atomic E-state index is 13.4. The van der Waals surface area contributed by atoms with Gasteiger partial charge in [-0.3, -0.25) is 9.69 Å². The zero-order chi connectivity index (χ0) is 27.6. The van der Waals surface area contributed by atoms with E-state index in [0.29, 0.717) is 25.2 Å². The molecule has 3 aromatic carbocycles. The second-order valence-corrected chi connectivity index (χ2v) is 10.4. The van der Waals surface area contributed by atoms with Crippen molar-refractivity contribution < 1.29 is 9.47 Å². The van der Waals surface area contributed by atoms with E-state index in [0.717, 1.165) is 56.9 Å². The van der Waals surface area contributed by atoms with Gasteiger partial charge in [-0.25, -0.2) is 4.68 Å². The summed E-state index contributed by atoms with van der Waals surface area (Å²) in [5, 5.41) is 13.9. The van der Waals surface area contributed by atoms with Gasteiger partial charge in [-0.15, -0.1) is 5.10 Å². The number of rotatable bonds is 9. The number of aromatic nitrogens is 5. The van der Waals surface area contributed by atoms with E-state index in [1.807, 2.05) is 54.1 Å². The van der Waals surface area contributed by atoms with E-state index in [2.05, 4.69) is 63.5 Å².